The first-order valence-corrected chi connectivity index (χ1v) is 12.9. The average molecular weight is 490 g/mol. The molecule has 35 heavy (non-hydrogen) atoms. The number of carbonyl (C=O) groups excluding carboxylic acids is 2. The number of benzene rings is 3. The summed E-state index contributed by atoms with van der Waals surface area (Å²) in [5.74, 6) is -0.957. The molecule has 5 rings (SSSR count). The molecule has 0 amide bonds. The molecule has 0 aromatic heterocycles. The van der Waals surface area contributed by atoms with Gasteiger partial charge in [-0.1, -0.05) is 61.7 Å². The van der Waals surface area contributed by atoms with Gasteiger partial charge < -0.3 is 5.32 Å². The standard InChI is InChI=1S/C26H23N3O5S/c30-25-18-13-7-8-14-19(18)26(31)23-22(25)20(27-16-9-3-1-4-10-16)15-21(35(32,33)34)24(23)29-28-17-11-5-2-6-12-17/h2,5-8,11-16,27H,1,3-4,9-10H2,(H,32,33,34). The predicted molar refractivity (Wildman–Crippen MR) is 131 cm³/mol. The summed E-state index contributed by atoms with van der Waals surface area (Å²) in [6, 6.07) is 16.2. The van der Waals surface area contributed by atoms with Gasteiger partial charge in [-0.25, -0.2) is 0 Å². The van der Waals surface area contributed by atoms with E-state index >= 15 is 0 Å². The van der Waals surface area contributed by atoms with E-state index in [9.17, 15) is 22.6 Å². The fraction of sp³-hybridized carbons (Fsp3) is 0.231. The lowest BCUT2D eigenvalue weighted by Gasteiger charge is -2.28. The Hall–Kier alpha value is -3.69. The number of azo groups is 1. The molecular formula is C26H23N3O5S. The Morgan fingerprint density at radius 2 is 1.40 bits per heavy atom. The van der Waals surface area contributed by atoms with Crippen molar-refractivity contribution in [2.75, 3.05) is 5.32 Å². The van der Waals surface area contributed by atoms with Crippen LogP contribution in [0.3, 0.4) is 0 Å². The molecule has 178 valence electrons. The molecule has 2 N–H and O–H groups in total. The van der Waals surface area contributed by atoms with E-state index in [2.05, 4.69) is 15.5 Å². The third-order valence-corrected chi connectivity index (χ3v) is 7.27. The molecule has 3 aromatic carbocycles. The maximum absolute atomic E-state index is 13.7. The van der Waals surface area contributed by atoms with Crippen molar-refractivity contribution in [2.45, 2.75) is 43.0 Å². The maximum atomic E-state index is 13.7. The molecule has 0 spiro atoms. The molecule has 0 atom stereocenters. The molecule has 9 heteroatoms. The molecule has 0 saturated heterocycles. The highest BCUT2D eigenvalue weighted by Gasteiger charge is 2.38. The third kappa shape index (κ3) is 4.40. The first kappa shape index (κ1) is 23.1. The van der Waals surface area contributed by atoms with E-state index in [1.807, 2.05) is 0 Å². The molecular weight excluding hydrogens is 466 g/mol. The fourth-order valence-corrected chi connectivity index (χ4v) is 5.39. The summed E-state index contributed by atoms with van der Waals surface area (Å²) in [5, 5.41) is 11.5. The van der Waals surface area contributed by atoms with Crippen LogP contribution in [0, 0.1) is 0 Å². The van der Waals surface area contributed by atoms with Crippen LogP contribution in [0.5, 0.6) is 0 Å². The number of fused-ring (bicyclic) bond motifs is 2. The van der Waals surface area contributed by atoms with Gasteiger partial charge in [-0.3, -0.25) is 14.1 Å². The van der Waals surface area contributed by atoms with E-state index in [0.717, 1.165) is 32.1 Å². The van der Waals surface area contributed by atoms with Gasteiger partial charge in [0.2, 0.25) is 0 Å². The van der Waals surface area contributed by atoms with E-state index < -0.39 is 26.6 Å². The number of anilines is 1. The summed E-state index contributed by atoms with van der Waals surface area (Å²) in [5.41, 5.74) is 0.524. The van der Waals surface area contributed by atoms with Crippen molar-refractivity contribution < 1.29 is 22.6 Å². The van der Waals surface area contributed by atoms with E-state index in [1.165, 1.54) is 12.1 Å². The second-order valence-electron chi connectivity index (χ2n) is 8.71. The van der Waals surface area contributed by atoms with E-state index in [0.29, 0.717) is 5.69 Å². The van der Waals surface area contributed by atoms with Crippen LogP contribution in [0.1, 0.15) is 63.9 Å². The normalized spacial score (nSPS) is 16.3. The van der Waals surface area contributed by atoms with Crippen LogP contribution in [0.25, 0.3) is 0 Å². The number of carbonyl (C=O) groups is 2. The Morgan fingerprint density at radius 3 is 2.03 bits per heavy atom. The lowest BCUT2D eigenvalue weighted by Crippen LogP contribution is -2.27. The average Bonchev–Trinajstić information content (AvgIpc) is 2.86. The minimum absolute atomic E-state index is 0.0129. The largest absolute Gasteiger partial charge is 0.382 e. The van der Waals surface area contributed by atoms with Crippen LogP contribution in [0.4, 0.5) is 17.1 Å². The molecule has 0 aliphatic heterocycles. The number of ketones is 2. The van der Waals surface area contributed by atoms with Gasteiger partial charge >= 0.3 is 0 Å². The quantitative estimate of drug-likeness (QED) is 0.267. The van der Waals surface area contributed by atoms with Crippen LogP contribution in [0.15, 0.2) is 75.8 Å². The zero-order valence-corrected chi connectivity index (χ0v) is 19.6. The SMILES string of the molecule is O=C1c2ccccc2C(=O)c2c(N=Nc3ccccc3)c(S(=O)(=O)O)cc(NC3CCCCC3)c21. The van der Waals surface area contributed by atoms with Crippen LogP contribution >= 0.6 is 0 Å². The number of nitrogens with one attached hydrogen (secondary N) is 1. The zero-order valence-electron chi connectivity index (χ0n) is 18.8. The van der Waals surface area contributed by atoms with E-state index in [1.54, 1.807) is 48.5 Å². The molecule has 2 aliphatic rings. The van der Waals surface area contributed by atoms with Gasteiger partial charge in [0, 0.05) is 22.9 Å². The molecule has 1 fully saturated rings. The van der Waals surface area contributed by atoms with Crippen molar-refractivity contribution in [3.8, 4) is 0 Å². The van der Waals surface area contributed by atoms with Gasteiger partial charge in [-0.05, 0) is 31.0 Å². The first-order valence-electron chi connectivity index (χ1n) is 11.4. The fourth-order valence-electron chi connectivity index (χ4n) is 4.73. The van der Waals surface area contributed by atoms with Crippen LogP contribution < -0.4 is 5.32 Å². The van der Waals surface area contributed by atoms with Gasteiger partial charge in [0.25, 0.3) is 10.1 Å². The monoisotopic (exact) mass is 489 g/mol. The highest BCUT2D eigenvalue weighted by molar-refractivity contribution is 7.86. The van der Waals surface area contributed by atoms with Gasteiger partial charge in [0.1, 0.15) is 10.6 Å². The lowest BCUT2D eigenvalue weighted by molar-refractivity contribution is 0.0980. The number of hydrogen-bond donors (Lipinski definition) is 2. The van der Waals surface area contributed by atoms with Gasteiger partial charge in [-0.2, -0.15) is 13.5 Å². The summed E-state index contributed by atoms with van der Waals surface area (Å²) in [7, 11) is -4.81. The summed E-state index contributed by atoms with van der Waals surface area (Å²) < 4.78 is 35.0. The number of rotatable bonds is 5. The number of hydrogen-bond acceptors (Lipinski definition) is 7. The van der Waals surface area contributed by atoms with Gasteiger partial charge in [0.05, 0.1) is 16.8 Å². The van der Waals surface area contributed by atoms with Crippen molar-refractivity contribution in [2.24, 2.45) is 10.2 Å². The van der Waals surface area contributed by atoms with Crippen molar-refractivity contribution in [3.05, 3.63) is 82.9 Å². The maximum Gasteiger partial charge on any atom is 0.296 e. The Morgan fingerprint density at radius 1 is 0.800 bits per heavy atom. The van der Waals surface area contributed by atoms with E-state index in [-0.39, 0.29) is 39.7 Å². The summed E-state index contributed by atoms with van der Waals surface area (Å²) in [6.07, 6.45) is 4.82. The van der Waals surface area contributed by atoms with Crippen molar-refractivity contribution in [1.29, 1.82) is 0 Å². The second-order valence-corrected chi connectivity index (χ2v) is 10.1. The first-order chi connectivity index (χ1) is 16.8. The summed E-state index contributed by atoms with van der Waals surface area (Å²) in [4.78, 5) is 26.7. The Labute approximate surface area is 202 Å². The topological polar surface area (TPSA) is 125 Å². The Kier molecular flexibility index (Phi) is 6.04. The molecule has 0 heterocycles. The Bertz CT molecular complexity index is 1460. The minimum Gasteiger partial charge on any atom is -0.382 e. The van der Waals surface area contributed by atoms with Gasteiger partial charge in [-0.15, -0.1) is 5.11 Å². The predicted octanol–water partition coefficient (Wildman–Crippen LogP) is 5.87. The molecule has 2 aliphatic carbocycles. The second kappa shape index (κ2) is 9.16. The van der Waals surface area contributed by atoms with Crippen molar-refractivity contribution in [1.82, 2.24) is 0 Å². The third-order valence-electron chi connectivity index (χ3n) is 6.40. The number of nitrogens with zero attached hydrogens (tertiary/aromatic N) is 2. The van der Waals surface area contributed by atoms with E-state index in [4.69, 9.17) is 0 Å². The smallest absolute Gasteiger partial charge is 0.296 e. The zero-order chi connectivity index (χ0) is 24.6. The van der Waals surface area contributed by atoms with Crippen molar-refractivity contribution >= 4 is 38.7 Å². The molecule has 0 unspecified atom stereocenters. The molecule has 0 bridgehead atoms. The van der Waals surface area contributed by atoms with Crippen LogP contribution in [0.2, 0.25) is 0 Å². The van der Waals surface area contributed by atoms with Crippen LogP contribution in [-0.4, -0.2) is 30.6 Å². The highest BCUT2D eigenvalue weighted by atomic mass is 32.2. The summed E-state index contributed by atoms with van der Waals surface area (Å²) >= 11 is 0. The van der Waals surface area contributed by atoms with Crippen molar-refractivity contribution in [3.63, 3.8) is 0 Å². The van der Waals surface area contributed by atoms with Crippen LogP contribution in [-0.2, 0) is 10.1 Å². The minimum atomic E-state index is -4.81. The molecule has 0 radical (unpaired) electrons. The molecule has 3 aromatic rings. The molecule has 8 nitrogen and oxygen atoms in total. The molecule has 1 saturated carbocycles. The van der Waals surface area contributed by atoms with Gasteiger partial charge in [0.15, 0.2) is 11.6 Å². The highest BCUT2D eigenvalue weighted by Crippen LogP contribution is 2.43. The summed E-state index contributed by atoms with van der Waals surface area (Å²) in [6.45, 7) is 0. The Balaban J connectivity index is 1.77. The lowest BCUT2D eigenvalue weighted by atomic mass is 9.82.